The predicted molar refractivity (Wildman–Crippen MR) is 96.6 cm³/mol. The molecule has 4 rings (SSSR count). The van der Waals surface area contributed by atoms with Crippen molar-refractivity contribution >= 4 is 11.6 Å². The summed E-state index contributed by atoms with van der Waals surface area (Å²) in [5.74, 6) is 1.07. The Morgan fingerprint density at radius 2 is 2.12 bits per heavy atom. The standard InChI is InChI=1S/C20H25N3O2/c1-14-7-8-17-16(11-14)5-3-10-23(17)20(24)13-22-9-4-6-18(22)19-12-15(2)21-25-19/h7-8,11-12,18H,3-6,9-10,13H2,1-2H3/t18-/m0/s1. The molecule has 2 aliphatic heterocycles. The van der Waals surface area contributed by atoms with Crippen molar-refractivity contribution in [2.45, 2.75) is 45.6 Å². The molecule has 2 aliphatic rings. The minimum absolute atomic E-state index is 0.174. The van der Waals surface area contributed by atoms with Crippen LogP contribution in [0.15, 0.2) is 28.8 Å². The molecule has 0 unspecified atom stereocenters. The van der Waals surface area contributed by atoms with Gasteiger partial charge in [0, 0.05) is 18.3 Å². The summed E-state index contributed by atoms with van der Waals surface area (Å²) in [6, 6.07) is 8.58. The molecule has 1 saturated heterocycles. The van der Waals surface area contributed by atoms with Crippen LogP contribution < -0.4 is 4.90 Å². The molecule has 5 nitrogen and oxygen atoms in total. The second-order valence-electron chi connectivity index (χ2n) is 7.28. The van der Waals surface area contributed by atoms with Gasteiger partial charge in [0.15, 0.2) is 5.76 Å². The van der Waals surface area contributed by atoms with Crippen LogP contribution in [0.4, 0.5) is 5.69 Å². The van der Waals surface area contributed by atoms with E-state index in [0.29, 0.717) is 6.54 Å². The smallest absolute Gasteiger partial charge is 0.241 e. The third-order valence-corrected chi connectivity index (χ3v) is 5.33. The first-order chi connectivity index (χ1) is 12.1. The van der Waals surface area contributed by atoms with Crippen LogP contribution in [0.3, 0.4) is 0 Å². The molecule has 25 heavy (non-hydrogen) atoms. The van der Waals surface area contributed by atoms with Crippen molar-refractivity contribution in [2.75, 3.05) is 24.5 Å². The van der Waals surface area contributed by atoms with Crippen LogP contribution in [-0.4, -0.2) is 35.6 Å². The number of anilines is 1. The molecule has 5 heteroatoms. The highest BCUT2D eigenvalue weighted by Gasteiger charge is 2.32. The van der Waals surface area contributed by atoms with E-state index in [1.54, 1.807) is 0 Å². The van der Waals surface area contributed by atoms with Gasteiger partial charge in [0.1, 0.15) is 0 Å². The fourth-order valence-electron chi connectivity index (χ4n) is 4.12. The van der Waals surface area contributed by atoms with Gasteiger partial charge in [-0.3, -0.25) is 9.69 Å². The first-order valence-electron chi connectivity index (χ1n) is 9.19. The van der Waals surface area contributed by atoms with Crippen LogP contribution in [0.2, 0.25) is 0 Å². The van der Waals surface area contributed by atoms with E-state index >= 15 is 0 Å². The van der Waals surface area contributed by atoms with Crippen molar-refractivity contribution in [3.63, 3.8) is 0 Å². The number of carbonyl (C=O) groups excluding carboxylic acids is 1. The number of amides is 1. The fourth-order valence-corrected chi connectivity index (χ4v) is 4.12. The number of aromatic nitrogens is 1. The SMILES string of the molecule is Cc1ccc2c(c1)CCCN2C(=O)CN1CCC[C@H]1c1cc(C)no1. The molecule has 0 bridgehead atoms. The van der Waals surface area contributed by atoms with Gasteiger partial charge in [-0.05, 0) is 57.7 Å². The minimum atomic E-state index is 0.174. The number of benzene rings is 1. The van der Waals surface area contributed by atoms with E-state index in [4.69, 9.17) is 4.52 Å². The predicted octanol–water partition coefficient (Wildman–Crippen LogP) is 3.41. The maximum atomic E-state index is 13.0. The van der Waals surface area contributed by atoms with Crippen LogP contribution in [-0.2, 0) is 11.2 Å². The summed E-state index contributed by atoms with van der Waals surface area (Å²) in [5, 5.41) is 4.01. The summed E-state index contributed by atoms with van der Waals surface area (Å²) in [6.07, 6.45) is 4.21. The number of likely N-dealkylation sites (tertiary alicyclic amines) is 1. The Hall–Kier alpha value is -2.14. The van der Waals surface area contributed by atoms with Gasteiger partial charge in [0.05, 0.1) is 18.3 Å². The molecule has 132 valence electrons. The zero-order chi connectivity index (χ0) is 17.4. The Morgan fingerprint density at radius 1 is 1.24 bits per heavy atom. The lowest BCUT2D eigenvalue weighted by Crippen LogP contribution is -2.42. The number of fused-ring (bicyclic) bond motifs is 1. The topological polar surface area (TPSA) is 49.6 Å². The second kappa shape index (κ2) is 6.64. The molecule has 3 heterocycles. The van der Waals surface area contributed by atoms with Crippen molar-refractivity contribution in [1.82, 2.24) is 10.1 Å². The van der Waals surface area contributed by atoms with Crippen LogP contribution in [0, 0.1) is 13.8 Å². The first-order valence-corrected chi connectivity index (χ1v) is 9.19. The number of rotatable bonds is 3. The van der Waals surface area contributed by atoms with Gasteiger partial charge >= 0.3 is 0 Å². The number of nitrogens with zero attached hydrogens (tertiary/aromatic N) is 3. The van der Waals surface area contributed by atoms with Gasteiger partial charge in [-0.15, -0.1) is 0 Å². The van der Waals surface area contributed by atoms with Gasteiger partial charge in [-0.1, -0.05) is 22.9 Å². The molecule has 1 aromatic carbocycles. The Labute approximate surface area is 148 Å². The van der Waals surface area contributed by atoms with Crippen LogP contribution in [0.25, 0.3) is 0 Å². The first kappa shape index (κ1) is 16.3. The Morgan fingerprint density at radius 3 is 2.92 bits per heavy atom. The fraction of sp³-hybridized carbons (Fsp3) is 0.500. The van der Waals surface area contributed by atoms with Gasteiger partial charge in [-0.2, -0.15) is 0 Å². The highest BCUT2D eigenvalue weighted by atomic mass is 16.5. The molecule has 1 aromatic heterocycles. The van der Waals surface area contributed by atoms with Crippen LogP contribution in [0.5, 0.6) is 0 Å². The lowest BCUT2D eigenvalue weighted by Gasteiger charge is -2.32. The molecule has 1 atom stereocenters. The van der Waals surface area contributed by atoms with E-state index in [1.165, 1.54) is 11.1 Å². The summed E-state index contributed by atoms with van der Waals surface area (Å²) in [7, 11) is 0. The average Bonchev–Trinajstić information content (AvgIpc) is 3.22. The Balaban J connectivity index is 1.51. The van der Waals surface area contributed by atoms with Crippen molar-refractivity contribution in [3.05, 3.63) is 46.8 Å². The van der Waals surface area contributed by atoms with Gasteiger partial charge < -0.3 is 9.42 Å². The van der Waals surface area contributed by atoms with E-state index < -0.39 is 0 Å². The lowest BCUT2D eigenvalue weighted by molar-refractivity contribution is -0.120. The highest BCUT2D eigenvalue weighted by molar-refractivity contribution is 5.96. The molecule has 0 radical (unpaired) electrons. The highest BCUT2D eigenvalue weighted by Crippen LogP contribution is 2.33. The summed E-state index contributed by atoms with van der Waals surface area (Å²) in [6.45, 7) is 6.23. The van der Waals surface area contributed by atoms with Crippen molar-refractivity contribution in [1.29, 1.82) is 0 Å². The molecule has 2 aromatic rings. The zero-order valence-corrected chi connectivity index (χ0v) is 15.0. The van der Waals surface area contributed by atoms with E-state index in [9.17, 15) is 4.79 Å². The van der Waals surface area contributed by atoms with Gasteiger partial charge in [0.25, 0.3) is 0 Å². The maximum Gasteiger partial charge on any atom is 0.241 e. The minimum Gasteiger partial charge on any atom is -0.359 e. The Bertz CT molecular complexity index is 783. The number of hydrogen-bond acceptors (Lipinski definition) is 4. The van der Waals surface area contributed by atoms with Gasteiger partial charge in [-0.25, -0.2) is 0 Å². The van der Waals surface area contributed by atoms with Crippen molar-refractivity contribution < 1.29 is 9.32 Å². The van der Waals surface area contributed by atoms with E-state index in [-0.39, 0.29) is 11.9 Å². The van der Waals surface area contributed by atoms with Crippen molar-refractivity contribution in [3.8, 4) is 0 Å². The molecule has 0 N–H and O–H groups in total. The zero-order valence-electron chi connectivity index (χ0n) is 15.0. The molecular weight excluding hydrogens is 314 g/mol. The summed E-state index contributed by atoms with van der Waals surface area (Å²) < 4.78 is 5.46. The third kappa shape index (κ3) is 3.21. The third-order valence-electron chi connectivity index (χ3n) is 5.33. The number of hydrogen-bond donors (Lipinski definition) is 0. The Kier molecular flexibility index (Phi) is 4.34. The summed E-state index contributed by atoms with van der Waals surface area (Å²) in [4.78, 5) is 17.2. The van der Waals surface area contributed by atoms with E-state index in [0.717, 1.165) is 55.9 Å². The maximum absolute atomic E-state index is 13.0. The monoisotopic (exact) mass is 339 g/mol. The molecular formula is C20H25N3O2. The van der Waals surface area contributed by atoms with E-state index in [1.807, 2.05) is 17.9 Å². The molecule has 1 fully saturated rings. The molecule has 1 amide bonds. The van der Waals surface area contributed by atoms with Crippen molar-refractivity contribution in [2.24, 2.45) is 0 Å². The van der Waals surface area contributed by atoms with Gasteiger partial charge in [0.2, 0.25) is 5.91 Å². The number of carbonyl (C=O) groups is 1. The normalized spacial score (nSPS) is 20.7. The second-order valence-corrected chi connectivity index (χ2v) is 7.28. The van der Waals surface area contributed by atoms with Crippen LogP contribution in [0.1, 0.15) is 47.9 Å². The lowest BCUT2D eigenvalue weighted by atomic mass is 9.99. The summed E-state index contributed by atoms with van der Waals surface area (Å²) >= 11 is 0. The quantitative estimate of drug-likeness (QED) is 0.860. The average molecular weight is 339 g/mol. The molecule has 0 saturated carbocycles. The molecule has 0 spiro atoms. The molecule has 0 aliphatic carbocycles. The summed E-state index contributed by atoms with van der Waals surface area (Å²) in [5.41, 5.74) is 4.54. The number of aryl methyl sites for hydroxylation is 3. The van der Waals surface area contributed by atoms with E-state index in [2.05, 4.69) is 35.2 Å². The van der Waals surface area contributed by atoms with Crippen LogP contribution >= 0.6 is 0 Å². The largest absolute Gasteiger partial charge is 0.359 e.